The standard InChI is InChI=1S/C18H16ClF2NO3S/c19-12-3-6-14(7-4-12)26-9-1-2-18(24)25-11-17(23)22-16-8-5-13(20)10-15(16)21/h3-8,10H,1-2,9,11H2,(H,22,23). The summed E-state index contributed by atoms with van der Waals surface area (Å²) < 4.78 is 31.0. The summed E-state index contributed by atoms with van der Waals surface area (Å²) in [4.78, 5) is 24.3. The van der Waals surface area contributed by atoms with E-state index in [0.29, 0.717) is 23.3 Å². The van der Waals surface area contributed by atoms with Crippen LogP contribution in [0.2, 0.25) is 5.02 Å². The second kappa shape index (κ2) is 10.1. The smallest absolute Gasteiger partial charge is 0.306 e. The van der Waals surface area contributed by atoms with E-state index in [1.165, 1.54) is 0 Å². The van der Waals surface area contributed by atoms with E-state index < -0.39 is 30.1 Å². The van der Waals surface area contributed by atoms with Crippen molar-refractivity contribution in [3.63, 3.8) is 0 Å². The predicted molar refractivity (Wildman–Crippen MR) is 97.4 cm³/mol. The van der Waals surface area contributed by atoms with Crippen LogP contribution in [0, 0.1) is 11.6 Å². The Hall–Kier alpha value is -2.12. The van der Waals surface area contributed by atoms with Gasteiger partial charge in [0.25, 0.3) is 5.91 Å². The number of benzene rings is 2. The van der Waals surface area contributed by atoms with Crippen LogP contribution in [0.5, 0.6) is 0 Å². The lowest BCUT2D eigenvalue weighted by Gasteiger charge is -2.07. The number of esters is 1. The van der Waals surface area contributed by atoms with E-state index in [2.05, 4.69) is 5.32 Å². The number of carbonyl (C=O) groups is 2. The Labute approximate surface area is 158 Å². The Morgan fingerprint density at radius 2 is 1.85 bits per heavy atom. The summed E-state index contributed by atoms with van der Waals surface area (Å²) in [6.07, 6.45) is 0.749. The van der Waals surface area contributed by atoms with Crippen molar-refractivity contribution < 1.29 is 23.1 Å². The molecule has 0 spiro atoms. The topological polar surface area (TPSA) is 55.4 Å². The quantitative estimate of drug-likeness (QED) is 0.398. The van der Waals surface area contributed by atoms with Gasteiger partial charge in [-0.1, -0.05) is 11.6 Å². The van der Waals surface area contributed by atoms with Crippen LogP contribution in [0.4, 0.5) is 14.5 Å². The molecule has 8 heteroatoms. The van der Waals surface area contributed by atoms with Crippen molar-refractivity contribution in [2.24, 2.45) is 0 Å². The van der Waals surface area contributed by atoms with Crippen LogP contribution in [0.15, 0.2) is 47.4 Å². The monoisotopic (exact) mass is 399 g/mol. The van der Waals surface area contributed by atoms with Gasteiger partial charge in [0.15, 0.2) is 6.61 Å². The van der Waals surface area contributed by atoms with E-state index in [4.69, 9.17) is 16.3 Å². The van der Waals surface area contributed by atoms with E-state index in [9.17, 15) is 18.4 Å². The van der Waals surface area contributed by atoms with Gasteiger partial charge in [-0.05, 0) is 48.6 Å². The maximum atomic E-state index is 13.4. The van der Waals surface area contributed by atoms with E-state index in [0.717, 1.165) is 17.0 Å². The number of halogens is 3. The highest BCUT2D eigenvalue weighted by atomic mass is 35.5. The van der Waals surface area contributed by atoms with Gasteiger partial charge >= 0.3 is 5.97 Å². The summed E-state index contributed by atoms with van der Waals surface area (Å²) in [6.45, 7) is -0.528. The molecule has 0 aliphatic heterocycles. The molecule has 138 valence electrons. The van der Waals surface area contributed by atoms with Crippen molar-refractivity contribution in [3.8, 4) is 0 Å². The third-order valence-corrected chi connectivity index (χ3v) is 4.53. The van der Waals surface area contributed by atoms with Crippen molar-refractivity contribution in [2.75, 3.05) is 17.7 Å². The number of carbonyl (C=O) groups excluding carboxylic acids is 2. The summed E-state index contributed by atoms with van der Waals surface area (Å²) in [5, 5.41) is 2.88. The third-order valence-electron chi connectivity index (χ3n) is 3.18. The first-order chi connectivity index (χ1) is 12.4. The molecule has 0 fully saturated rings. The minimum Gasteiger partial charge on any atom is -0.456 e. The summed E-state index contributed by atoms with van der Waals surface area (Å²) in [6, 6.07) is 10.1. The van der Waals surface area contributed by atoms with Crippen LogP contribution in [0.3, 0.4) is 0 Å². The lowest BCUT2D eigenvalue weighted by atomic mass is 10.3. The van der Waals surface area contributed by atoms with Gasteiger partial charge in [-0.15, -0.1) is 11.8 Å². The molecule has 0 aromatic heterocycles. The molecular formula is C18H16ClF2NO3S. The molecule has 2 rings (SSSR count). The molecule has 0 heterocycles. The third kappa shape index (κ3) is 7.01. The van der Waals surface area contributed by atoms with Crippen LogP contribution < -0.4 is 5.32 Å². The summed E-state index contributed by atoms with van der Waals surface area (Å²) >= 11 is 7.38. The van der Waals surface area contributed by atoms with Crippen LogP contribution in [0.1, 0.15) is 12.8 Å². The number of ether oxygens (including phenoxy) is 1. The molecule has 2 aromatic carbocycles. The fourth-order valence-electron chi connectivity index (χ4n) is 1.93. The average molecular weight is 400 g/mol. The minimum atomic E-state index is -0.899. The Morgan fingerprint density at radius 1 is 1.12 bits per heavy atom. The first-order valence-electron chi connectivity index (χ1n) is 7.73. The van der Waals surface area contributed by atoms with Gasteiger partial charge in [-0.25, -0.2) is 8.78 Å². The number of amides is 1. The highest BCUT2D eigenvalue weighted by molar-refractivity contribution is 7.99. The van der Waals surface area contributed by atoms with Gasteiger partial charge in [0, 0.05) is 22.4 Å². The largest absolute Gasteiger partial charge is 0.456 e. The molecule has 0 aliphatic rings. The maximum absolute atomic E-state index is 13.4. The van der Waals surface area contributed by atoms with Crippen LogP contribution >= 0.6 is 23.4 Å². The Balaban J connectivity index is 1.63. The molecule has 4 nitrogen and oxygen atoms in total. The molecule has 0 bridgehead atoms. The van der Waals surface area contributed by atoms with E-state index >= 15 is 0 Å². The molecule has 1 N–H and O–H groups in total. The Bertz CT molecular complexity index is 772. The number of hydrogen-bond acceptors (Lipinski definition) is 4. The number of anilines is 1. The first kappa shape index (κ1) is 20.2. The van der Waals surface area contributed by atoms with Crippen molar-refractivity contribution >= 4 is 40.9 Å². The zero-order valence-corrected chi connectivity index (χ0v) is 15.2. The van der Waals surface area contributed by atoms with Crippen molar-refractivity contribution in [3.05, 3.63) is 59.1 Å². The highest BCUT2D eigenvalue weighted by Crippen LogP contribution is 2.21. The fraction of sp³-hybridized carbons (Fsp3) is 0.222. The molecule has 1 amide bonds. The van der Waals surface area contributed by atoms with Gasteiger partial charge in [-0.2, -0.15) is 0 Å². The van der Waals surface area contributed by atoms with Gasteiger partial charge in [0.05, 0.1) is 5.69 Å². The van der Waals surface area contributed by atoms with E-state index in [1.807, 2.05) is 12.1 Å². The molecule has 0 unspecified atom stereocenters. The van der Waals surface area contributed by atoms with Gasteiger partial charge in [-0.3, -0.25) is 9.59 Å². The van der Waals surface area contributed by atoms with Crippen molar-refractivity contribution in [1.82, 2.24) is 0 Å². The van der Waals surface area contributed by atoms with Crippen molar-refractivity contribution in [2.45, 2.75) is 17.7 Å². The highest BCUT2D eigenvalue weighted by Gasteiger charge is 2.11. The van der Waals surface area contributed by atoms with Crippen LogP contribution in [-0.4, -0.2) is 24.2 Å². The average Bonchev–Trinajstić information content (AvgIpc) is 2.61. The van der Waals surface area contributed by atoms with Gasteiger partial charge < -0.3 is 10.1 Å². The lowest BCUT2D eigenvalue weighted by Crippen LogP contribution is -2.21. The molecule has 0 aliphatic carbocycles. The summed E-state index contributed by atoms with van der Waals surface area (Å²) in [7, 11) is 0. The zero-order chi connectivity index (χ0) is 18.9. The van der Waals surface area contributed by atoms with Gasteiger partial charge in [0.1, 0.15) is 11.6 Å². The number of rotatable bonds is 8. The summed E-state index contributed by atoms with van der Waals surface area (Å²) in [5.41, 5.74) is -0.174. The molecular weight excluding hydrogens is 384 g/mol. The normalized spacial score (nSPS) is 10.4. The SMILES string of the molecule is O=C(COC(=O)CCCSc1ccc(Cl)cc1)Nc1ccc(F)cc1F. The molecule has 26 heavy (non-hydrogen) atoms. The molecule has 2 aromatic rings. The molecule has 0 saturated heterocycles. The van der Waals surface area contributed by atoms with Gasteiger partial charge in [0.2, 0.25) is 0 Å². The van der Waals surface area contributed by atoms with Crippen LogP contribution in [0.25, 0.3) is 0 Å². The molecule has 0 saturated carbocycles. The number of nitrogens with one attached hydrogen (secondary N) is 1. The van der Waals surface area contributed by atoms with E-state index in [1.54, 1.807) is 23.9 Å². The van der Waals surface area contributed by atoms with Crippen molar-refractivity contribution in [1.29, 1.82) is 0 Å². The first-order valence-corrected chi connectivity index (χ1v) is 9.09. The maximum Gasteiger partial charge on any atom is 0.306 e. The fourth-order valence-corrected chi connectivity index (χ4v) is 2.91. The Kier molecular flexibility index (Phi) is 7.87. The second-order valence-electron chi connectivity index (χ2n) is 5.24. The second-order valence-corrected chi connectivity index (χ2v) is 6.84. The predicted octanol–water partition coefficient (Wildman–Crippen LogP) is 4.67. The number of hydrogen-bond donors (Lipinski definition) is 1. The summed E-state index contributed by atoms with van der Waals surface area (Å²) in [5.74, 6) is -2.15. The molecule has 0 radical (unpaired) electrons. The molecule has 0 atom stereocenters. The lowest BCUT2D eigenvalue weighted by molar-refractivity contribution is -0.147. The van der Waals surface area contributed by atoms with Crippen LogP contribution in [-0.2, 0) is 14.3 Å². The number of thioether (sulfide) groups is 1. The zero-order valence-electron chi connectivity index (χ0n) is 13.6. The van der Waals surface area contributed by atoms with E-state index in [-0.39, 0.29) is 12.1 Å². The Morgan fingerprint density at radius 3 is 2.54 bits per heavy atom. The minimum absolute atomic E-state index is 0.165.